The number of rotatable bonds is 63. The fourth-order valence-electron chi connectivity index (χ4n) is 10.7. The average Bonchev–Trinajstić information content (AvgIpc) is 3.40. The summed E-state index contributed by atoms with van der Waals surface area (Å²) in [7, 11) is 0. The lowest BCUT2D eigenvalue weighted by Gasteiger charge is -2.19. The van der Waals surface area contributed by atoms with Gasteiger partial charge in [-0.25, -0.2) is 0 Å². The molecule has 0 aromatic rings. The van der Waals surface area contributed by atoms with Gasteiger partial charge in [0, 0.05) is 6.42 Å². The fraction of sp³-hybridized carbons (Fsp3) is 0.899. The van der Waals surface area contributed by atoms with E-state index in [2.05, 4.69) is 43.5 Å². The Morgan fingerprint density at radius 3 is 0.795 bits per heavy atom. The van der Waals surface area contributed by atoms with Crippen molar-refractivity contribution < 1.29 is 15.0 Å². The van der Waals surface area contributed by atoms with Crippen molar-refractivity contribution >= 4 is 5.91 Å². The Kier molecular flexibility index (Phi) is 63.7. The lowest BCUT2D eigenvalue weighted by atomic mass is 10.0. The molecule has 0 saturated carbocycles. The van der Waals surface area contributed by atoms with Crippen LogP contribution in [0.25, 0.3) is 0 Å². The van der Waals surface area contributed by atoms with E-state index in [0.29, 0.717) is 6.42 Å². The maximum atomic E-state index is 12.5. The summed E-state index contributed by atoms with van der Waals surface area (Å²) >= 11 is 0. The molecular formula is C69H133NO3. The molecular weight excluding hydrogens is 891 g/mol. The van der Waals surface area contributed by atoms with Gasteiger partial charge in [-0.2, -0.15) is 0 Å². The monoisotopic (exact) mass is 1020 g/mol. The first-order valence-corrected chi connectivity index (χ1v) is 33.7. The Hall–Kier alpha value is -1.39. The van der Waals surface area contributed by atoms with Crippen molar-refractivity contribution in [2.24, 2.45) is 0 Å². The van der Waals surface area contributed by atoms with Crippen molar-refractivity contribution in [3.05, 3.63) is 36.5 Å². The molecule has 0 aromatic heterocycles. The van der Waals surface area contributed by atoms with E-state index in [9.17, 15) is 15.0 Å². The summed E-state index contributed by atoms with van der Waals surface area (Å²) in [5.41, 5.74) is 0. The van der Waals surface area contributed by atoms with Gasteiger partial charge in [0.15, 0.2) is 0 Å². The number of aliphatic hydroxyl groups is 2. The first-order chi connectivity index (χ1) is 36.2. The number of aliphatic hydroxyl groups excluding tert-OH is 2. The number of carbonyl (C=O) groups excluding carboxylic acids is 1. The molecule has 2 atom stereocenters. The molecule has 0 rings (SSSR count). The molecule has 0 heterocycles. The van der Waals surface area contributed by atoms with Crippen molar-refractivity contribution in [1.82, 2.24) is 5.32 Å². The minimum atomic E-state index is -0.861. The summed E-state index contributed by atoms with van der Waals surface area (Å²) in [5.74, 6) is -0.0660. The summed E-state index contributed by atoms with van der Waals surface area (Å²) in [6.07, 6.45) is 89.5. The van der Waals surface area contributed by atoms with E-state index in [1.54, 1.807) is 6.08 Å². The Bertz CT molecular complexity index is 1110. The van der Waals surface area contributed by atoms with Gasteiger partial charge in [0.05, 0.1) is 18.8 Å². The van der Waals surface area contributed by atoms with Gasteiger partial charge in [0.2, 0.25) is 5.91 Å². The van der Waals surface area contributed by atoms with Gasteiger partial charge in [0.25, 0.3) is 0 Å². The van der Waals surface area contributed by atoms with Gasteiger partial charge in [-0.15, -0.1) is 0 Å². The van der Waals surface area contributed by atoms with E-state index in [1.807, 2.05) is 6.08 Å². The van der Waals surface area contributed by atoms with Crippen LogP contribution in [0.15, 0.2) is 36.5 Å². The molecule has 4 nitrogen and oxygen atoms in total. The molecule has 0 radical (unpaired) electrons. The lowest BCUT2D eigenvalue weighted by Crippen LogP contribution is -2.45. The molecule has 73 heavy (non-hydrogen) atoms. The number of amides is 1. The Labute approximate surface area is 459 Å². The predicted octanol–water partition coefficient (Wildman–Crippen LogP) is 22.8. The van der Waals surface area contributed by atoms with Crippen LogP contribution in [0.4, 0.5) is 0 Å². The second kappa shape index (κ2) is 64.9. The number of allylic oxidation sites excluding steroid dienone is 5. The highest BCUT2D eigenvalue weighted by atomic mass is 16.3. The van der Waals surface area contributed by atoms with Gasteiger partial charge >= 0.3 is 0 Å². The first-order valence-electron chi connectivity index (χ1n) is 33.7. The average molecular weight is 1020 g/mol. The van der Waals surface area contributed by atoms with Crippen LogP contribution in [0, 0.1) is 0 Å². The number of hydrogen-bond donors (Lipinski definition) is 3. The molecule has 432 valence electrons. The number of unbranched alkanes of at least 4 members (excludes halogenated alkanes) is 52. The molecule has 0 aliphatic carbocycles. The van der Waals surface area contributed by atoms with E-state index in [1.165, 1.54) is 327 Å². The molecule has 0 aliphatic heterocycles. The Morgan fingerprint density at radius 2 is 0.534 bits per heavy atom. The predicted molar refractivity (Wildman–Crippen MR) is 327 cm³/mol. The van der Waals surface area contributed by atoms with Gasteiger partial charge in [-0.1, -0.05) is 352 Å². The van der Waals surface area contributed by atoms with E-state index in [4.69, 9.17) is 0 Å². The van der Waals surface area contributed by atoms with E-state index in [0.717, 1.165) is 32.1 Å². The molecule has 0 saturated heterocycles. The van der Waals surface area contributed by atoms with Crippen molar-refractivity contribution in [3.63, 3.8) is 0 Å². The lowest BCUT2D eigenvalue weighted by molar-refractivity contribution is -0.123. The highest BCUT2D eigenvalue weighted by Crippen LogP contribution is 2.19. The number of hydrogen-bond acceptors (Lipinski definition) is 3. The second-order valence-electron chi connectivity index (χ2n) is 23.2. The molecule has 0 aliphatic rings. The maximum Gasteiger partial charge on any atom is 0.220 e. The highest BCUT2D eigenvalue weighted by molar-refractivity contribution is 5.76. The SMILES string of the molecule is CCCCCCCCCC/C=C\CCCCCCCCCCCCCCCCCCCCCCCCCCCCCCCC(=O)NC(CO)C(O)/C=C/CC/C=C/CCCCCCCCCCCCCCCC. The smallest absolute Gasteiger partial charge is 0.220 e. The summed E-state index contributed by atoms with van der Waals surface area (Å²) in [5, 5.41) is 23.2. The van der Waals surface area contributed by atoms with Crippen LogP contribution in [0.5, 0.6) is 0 Å². The fourth-order valence-corrected chi connectivity index (χ4v) is 10.7. The first kappa shape index (κ1) is 71.6. The minimum absolute atomic E-state index is 0.0660. The van der Waals surface area contributed by atoms with Crippen molar-refractivity contribution in [1.29, 1.82) is 0 Å². The quantitative estimate of drug-likeness (QED) is 0.0420. The van der Waals surface area contributed by atoms with E-state index in [-0.39, 0.29) is 12.5 Å². The normalized spacial score (nSPS) is 12.9. The van der Waals surface area contributed by atoms with Gasteiger partial charge in [-0.05, 0) is 57.8 Å². The molecule has 3 N–H and O–H groups in total. The molecule has 0 spiro atoms. The van der Waals surface area contributed by atoms with Crippen LogP contribution in [-0.2, 0) is 4.79 Å². The van der Waals surface area contributed by atoms with E-state index >= 15 is 0 Å². The molecule has 4 heteroatoms. The standard InChI is InChI=1S/C69H133NO3/c1-3-5-7-9-11-13-15-17-19-21-23-25-26-27-28-29-30-31-32-33-34-35-36-37-38-39-40-41-42-43-44-45-47-49-51-53-55-57-59-61-63-65-69(73)70-67(66-71)68(72)64-62-60-58-56-54-52-50-48-46-24-22-20-18-16-14-12-10-8-6-4-2/h21,23,54,56,62,64,67-68,71-72H,3-20,22,24-53,55,57-61,63,65-66H2,1-2H3,(H,70,73)/b23-21-,56-54+,64-62+. The van der Waals surface area contributed by atoms with Crippen molar-refractivity contribution in [2.75, 3.05) is 6.61 Å². The third-order valence-corrected chi connectivity index (χ3v) is 15.8. The highest BCUT2D eigenvalue weighted by Gasteiger charge is 2.18. The third-order valence-electron chi connectivity index (χ3n) is 15.8. The van der Waals surface area contributed by atoms with E-state index < -0.39 is 12.1 Å². The zero-order valence-corrected chi connectivity index (χ0v) is 49.9. The second-order valence-corrected chi connectivity index (χ2v) is 23.2. The van der Waals surface area contributed by atoms with Crippen molar-refractivity contribution in [2.45, 2.75) is 392 Å². The van der Waals surface area contributed by atoms with Crippen LogP contribution in [0.1, 0.15) is 380 Å². The van der Waals surface area contributed by atoms with Gasteiger partial charge in [0.1, 0.15) is 0 Å². The Morgan fingerprint density at radius 1 is 0.315 bits per heavy atom. The van der Waals surface area contributed by atoms with Crippen LogP contribution < -0.4 is 5.32 Å². The van der Waals surface area contributed by atoms with Crippen LogP contribution in [0.3, 0.4) is 0 Å². The summed E-state index contributed by atoms with van der Waals surface area (Å²) in [6, 6.07) is -0.638. The van der Waals surface area contributed by atoms with Crippen LogP contribution in [-0.4, -0.2) is 34.9 Å². The molecule has 2 unspecified atom stereocenters. The summed E-state index contributed by atoms with van der Waals surface area (Å²) < 4.78 is 0. The molecule has 0 fully saturated rings. The minimum Gasteiger partial charge on any atom is -0.394 e. The maximum absolute atomic E-state index is 12.5. The van der Waals surface area contributed by atoms with Crippen molar-refractivity contribution in [3.8, 4) is 0 Å². The molecule has 1 amide bonds. The summed E-state index contributed by atoms with van der Waals surface area (Å²) in [6.45, 7) is 4.34. The third kappa shape index (κ3) is 61.3. The molecule has 0 bridgehead atoms. The van der Waals surface area contributed by atoms with Gasteiger partial charge in [-0.3, -0.25) is 4.79 Å². The molecule has 0 aromatic carbocycles. The Balaban J connectivity index is 3.39. The largest absolute Gasteiger partial charge is 0.394 e. The van der Waals surface area contributed by atoms with Gasteiger partial charge < -0.3 is 15.5 Å². The van der Waals surface area contributed by atoms with Crippen LogP contribution in [0.2, 0.25) is 0 Å². The summed E-state index contributed by atoms with van der Waals surface area (Å²) in [4.78, 5) is 12.5. The number of nitrogens with one attached hydrogen (secondary N) is 1. The number of carbonyl (C=O) groups is 1. The zero-order valence-electron chi connectivity index (χ0n) is 49.9. The van der Waals surface area contributed by atoms with Crippen LogP contribution >= 0.6 is 0 Å². The zero-order chi connectivity index (χ0) is 52.7. The topological polar surface area (TPSA) is 69.6 Å².